The number of rotatable bonds is 9. The minimum absolute atomic E-state index is 0.588. The molecule has 1 aliphatic carbocycles. The lowest BCUT2D eigenvalue weighted by Gasteiger charge is -2.15. The van der Waals surface area contributed by atoms with Gasteiger partial charge in [-0.2, -0.15) is 0 Å². The molecule has 0 atom stereocenters. The van der Waals surface area contributed by atoms with Gasteiger partial charge in [0, 0.05) is 0 Å². The van der Waals surface area contributed by atoms with Crippen LogP contribution in [0.4, 0.5) is 0 Å². The van der Waals surface area contributed by atoms with Crippen LogP contribution in [0.5, 0.6) is 0 Å². The molecule has 1 aromatic carbocycles. The van der Waals surface area contributed by atoms with Gasteiger partial charge in [-0.05, 0) is 30.2 Å². The van der Waals surface area contributed by atoms with Gasteiger partial charge >= 0.3 is 0 Å². The van der Waals surface area contributed by atoms with Crippen LogP contribution < -0.4 is 0 Å². The molecule has 0 N–H and O–H groups in total. The number of benzene rings is 1. The van der Waals surface area contributed by atoms with Crippen LogP contribution in [0.2, 0.25) is 0 Å². The topological polar surface area (TPSA) is 0 Å². The molecule has 1 aromatic rings. The molecule has 0 aliphatic heterocycles. The normalized spacial score (nSPS) is 16.7. The predicted molar refractivity (Wildman–Crippen MR) is 80.0 cm³/mol. The summed E-state index contributed by atoms with van der Waals surface area (Å²) in [6.07, 6.45) is 14.3. The molecule has 18 heavy (non-hydrogen) atoms. The third-order valence-electron chi connectivity index (χ3n) is 4.50. The van der Waals surface area contributed by atoms with Gasteiger partial charge in [-0.15, -0.1) is 0 Å². The van der Waals surface area contributed by atoms with Crippen molar-refractivity contribution in [2.75, 3.05) is 0 Å². The van der Waals surface area contributed by atoms with Crippen molar-refractivity contribution >= 4 is 0 Å². The van der Waals surface area contributed by atoms with Crippen molar-refractivity contribution in [3.05, 3.63) is 35.9 Å². The first-order chi connectivity index (χ1) is 8.87. The average molecular weight is 244 g/mol. The SMILES string of the molecule is CCCCCCCCCC1(c2ccccc2)CC1. The lowest BCUT2D eigenvalue weighted by Crippen LogP contribution is -2.05. The Labute approximate surface area is 113 Å². The number of hydrogen-bond acceptors (Lipinski definition) is 0. The summed E-state index contributed by atoms with van der Waals surface area (Å²) in [5, 5.41) is 0. The van der Waals surface area contributed by atoms with Crippen LogP contribution in [0.3, 0.4) is 0 Å². The zero-order valence-corrected chi connectivity index (χ0v) is 12.0. The van der Waals surface area contributed by atoms with Crippen molar-refractivity contribution in [3.8, 4) is 0 Å². The first-order valence-electron chi connectivity index (χ1n) is 7.93. The third-order valence-corrected chi connectivity index (χ3v) is 4.50. The molecule has 0 unspecified atom stereocenters. The maximum atomic E-state index is 2.33. The van der Waals surface area contributed by atoms with Gasteiger partial charge in [0.15, 0.2) is 0 Å². The van der Waals surface area contributed by atoms with Crippen molar-refractivity contribution in [2.24, 2.45) is 0 Å². The minimum atomic E-state index is 0.588. The molecular weight excluding hydrogens is 216 g/mol. The van der Waals surface area contributed by atoms with E-state index in [0.29, 0.717) is 5.41 Å². The second-order valence-corrected chi connectivity index (χ2v) is 6.02. The quantitative estimate of drug-likeness (QED) is 0.477. The number of hydrogen-bond donors (Lipinski definition) is 0. The molecule has 0 nitrogen and oxygen atoms in total. The van der Waals surface area contributed by atoms with E-state index in [1.54, 1.807) is 5.56 Å². The molecule has 2 rings (SSSR count). The van der Waals surface area contributed by atoms with Crippen molar-refractivity contribution in [1.29, 1.82) is 0 Å². The molecule has 100 valence electrons. The molecule has 0 aromatic heterocycles. The van der Waals surface area contributed by atoms with Gasteiger partial charge in [-0.25, -0.2) is 0 Å². The highest BCUT2D eigenvalue weighted by molar-refractivity contribution is 5.30. The summed E-state index contributed by atoms with van der Waals surface area (Å²) in [6.45, 7) is 2.29. The van der Waals surface area contributed by atoms with Crippen LogP contribution in [-0.2, 0) is 5.41 Å². The van der Waals surface area contributed by atoms with E-state index in [0.717, 1.165) is 0 Å². The second-order valence-electron chi connectivity index (χ2n) is 6.02. The highest BCUT2D eigenvalue weighted by Crippen LogP contribution is 2.51. The fourth-order valence-electron chi connectivity index (χ4n) is 3.05. The molecule has 0 heterocycles. The molecular formula is C18H28. The Balaban J connectivity index is 1.62. The minimum Gasteiger partial charge on any atom is -0.0654 e. The van der Waals surface area contributed by atoms with E-state index >= 15 is 0 Å². The first kappa shape index (κ1) is 13.6. The number of unbranched alkanes of at least 4 members (excludes halogenated alkanes) is 6. The van der Waals surface area contributed by atoms with Crippen LogP contribution >= 0.6 is 0 Å². The predicted octanol–water partition coefficient (Wildman–Crippen LogP) is 5.86. The summed E-state index contributed by atoms with van der Waals surface area (Å²) in [6, 6.07) is 11.2. The highest BCUT2D eigenvalue weighted by Gasteiger charge is 2.42. The molecule has 0 amide bonds. The van der Waals surface area contributed by atoms with Crippen LogP contribution in [-0.4, -0.2) is 0 Å². The van der Waals surface area contributed by atoms with Gasteiger partial charge in [-0.1, -0.05) is 82.2 Å². The Bertz CT molecular complexity index is 321. The third kappa shape index (κ3) is 3.86. The average Bonchev–Trinajstić information content (AvgIpc) is 3.20. The molecule has 0 heteroatoms. The summed E-state index contributed by atoms with van der Waals surface area (Å²) in [4.78, 5) is 0. The van der Waals surface area contributed by atoms with Gasteiger partial charge in [0.1, 0.15) is 0 Å². The zero-order valence-electron chi connectivity index (χ0n) is 12.0. The van der Waals surface area contributed by atoms with E-state index in [2.05, 4.69) is 37.3 Å². The van der Waals surface area contributed by atoms with Crippen LogP contribution in [0.15, 0.2) is 30.3 Å². The summed E-state index contributed by atoms with van der Waals surface area (Å²) < 4.78 is 0. The lowest BCUT2D eigenvalue weighted by atomic mass is 9.90. The van der Waals surface area contributed by atoms with Gasteiger partial charge in [0.25, 0.3) is 0 Å². The molecule has 1 saturated carbocycles. The fourth-order valence-corrected chi connectivity index (χ4v) is 3.05. The maximum Gasteiger partial charge on any atom is -0.00463 e. The van der Waals surface area contributed by atoms with Crippen LogP contribution in [0, 0.1) is 0 Å². The standard InChI is InChI=1S/C18H28/c1-2-3-4-5-6-7-11-14-18(15-16-18)17-12-9-8-10-13-17/h8-10,12-13H,2-7,11,14-16H2,1H3. The first-order valence-corrected chi connectivity index (χ1v) is 7.93. The summed E-state index contributed by atoms with van der Waals surface area (Å²) in [5.74, 6) is 0. The Kier molecular flexibility index (Phi) is 5.28. The Morgan fingerprint density at radius 2 is 1.44 bits per heavy atom. The van der Waals surface area contributed by atoms with E-state index in [-0.39, 0.29) is 0 Å². The molecule has 0 bridgehead atoms. The van der Waals surface area contributed by atoms with Gasteiger partial charge in [-0.3, -0.25) is 0 Å². The van der Waals surface area contributed by atoms with Gasteiger partial charge in [0.05, 0.1) is 0 Å². The van der Waals surface area contributed by atoms with E-state index in [1.165, 1.54) is 64.2 Å². The highest BCUT2D eigenvalue weighted by atomic mass is 14.5. The van der Waals surface area contributed by atoms with Crippen molar-refractivity contribution in [2.45, 2.75) is 76.5 Å². The van der Waals surface area contributed by atoms with Gasteiger partial charge in [0.2, 0.25) is 0 Å². The lowest BCUT2D eigenvalue weighted by molar-refractivity contribution is 0.525. The van der Waals surface area contributed by atoms with Crippen LogP contribution in [0.25, 0.3) is 0 Å². The summed E-state index contributed by atoms with van der Waals surface area (Å²) in [5.41, 5.74) is 2.18. The van der Waals surface area contributed by atoms with Crippen LogP contribution in [0.1, 0.15) is 76.7 Å². The maximum absolute atomic E-state index is 2.33. The molecule has 0 radical (unpaired) electrons. The largest absolute Gasteiger partial charge is 0.0654 e. The van der Waals surface area contributed by atoms with Crippen molar-refractivity contribution < 1.29 is 0 Å². The molecule has 1 aliphatic rings. The molecule has 1 fully saturated rings. The summed E-state index contributed by atoms with van der Waals surface area (Å²) >= 11 is 0. The fraction of sp³-hybridized carbons (Fsp3) is 0.667. The molecule has 0 saturated heterocycles. The van der Waals surface area contributed by atoms with Gasteiger partial charge < -0.3 is 0 Å². The smallest absolute Gasteiger partial charge is 0.00463 e. The Morgan fingerprint density at radius 3 is 2.06 bits per heavy atom. The Morgan fingerprint density at radius 1 is 0.833 bits per heavy atom. The molecule has 0 spiro atoms. The van der Waals surface area contributed by atoms with E-state index in [4.69, 9.17) is 0 Å². The zero-order chi connectivity index (χ0) is 12.7. The van der Waals surface area contributed by atoms with Crippen molar-refractivity contribution in [1.82, 2.24) is 0 Å². The van der Waals surface area contributed by atoms with E-state index < -0.39 is 0 Å². The monoisotopic (exact) mass is 244 g/mol. The second kappa shape index (κ2) is 6.97. The summed E-state index contributed by atoms with van der Waals surface area (Å²) in [7, 11) is 0. The van der Waals surface area contributed by atoms with Crippen molar-refractivity contribution in [3.63, 3.8) is 0 Å². The Hall–Kier alpha value is -0.780. The van der Waals surface area contributed by atoms with E-state index in [1.807, 2.05) is 0 Å². The van der Waals surface area contributed by atoms with E-state index in [9.17, 15) is 0 Å².